The van der Waals surface area contributed by atoms with E-state index in [0.29, 0.717) is 6.42 Å². The second-order valence-electron chi connectivity index (χ2n) is 4.50. The van der Waals surface area contributed by atoms with Gasteiger partial charge in [0.2, 0.25) is 5.89 Å². The van der Waals surface area contributed by atoms with Crippen LogP contribution in [0.15, 0.2) is 33.3 Å². The summed E-state index contributed by atoms with van der Waals surface area (Å²) in [6.45, 7) is 1.04. The minimum absolute atomic E-state index is 0.244. The fraction of sp³-hybridized carbons (Fsp3) is 0.385. The first-order chi connectivity index (χ1) is 8.81. The van der Waals surface area contributed by atoms with Crippen molar-refractivity contribution in [3.8, 4) is 0 Å². The largest absolute Gasteiger partial charge is 0.338 e. The second kappa shape index (κ2) is 5.20. The Balaban J connectivity index is 1.73. The van der Waals surface area contributed by atoms with Crippen LogP contribution in [0.5, 0.6) is 0 Å². The number of rotatable bonds is 3. The number of benzene rings is 1. The Hall–Kier alpha value is -1.20. The highest BCUT2D eigenvalue weighted by molar-refractivity contribution is 9.10. The topological polar surface area (TPSA) is 51.0 Å². The third-order valence-electron chi connectivity index (χ3n) is 3.09. The first-order valence-corrected chi connectivity index (χ1v) is 6.91. The van der Waals surface area contributed by atoms with Crippen molar-refractivity contribution in [1.29, 1.82) is 0 Å². The fourth-order valence-electron chi connectivity index (χ4n) is 2.21. The molecule has 1 aliphatic heterocycles. The summed E-state index contributed by atoms with van der Waals surface area (Å²) in [7, 11) is 0. The Morgan fingerprint density at radius 3 is 3.17 bits per heavy atom. The lowest BCUT2D eigenvalue weighted by molar-refractivity contribution is 0.341. The van der Waals surface area contributed by atoms with Crippen molar-refractivity contribution in [2.24, 2.45) is 0 Å². The van der Waals surface area contributed by atoms with Crippen molar-refractivity contribution in [3.05, 3.63) is 46.0 Å². The molecule has 0 bridgehead atoms. The highest BCUT2D eigenvalue weighted by Gasteiger charge is 2.22. The Kier molecular flexibility index (Phi) is 3.43. The van der Waals surface area contributed by atoms with Crippen LogP contribution in [0.4, 0.5) is 0 Å². The van der Waals surface area contributed by atoms with Gasteiger partial charge in [-0.3, -0.25) is 0 Å². The lowest BCUT2D eigenvalue weighted by Crippen LogP contribution is -2.13. The lowest BCUT2D eigenvalue weighted by atomic mass is 10.1. The first-order valence-electron chi connectivity index (χ1n) is 6.11. The average molecular weight is 308 g/mol. The smallest absolute Gasteiger partial charge is 0.243 e. The van der Waals surface area contributed by atoms with Crippen LogP contribution in [0.2, 0.25) is 0 Å². The summed E-state index contributed by atoms with van der Waals surface area (Å²) >= 11 is 3.46. The van der Waals surface area contributed by atoms with E-state index in [1.165, 1.54) is 12.0 Å². The Morgan fingerprint density at radius 2 is 2.39 bits per heavy atom. The molecule has 1 aromatic heterocycles. The zero-order chi connectivity index (χ0) is 12.4. The standard InChI is InChI=1S/C13H14BrN3O/c14-10-4-1-3-9(7-10)8-12-16-13(18-17-12)11-5-2-6-15-11/h1,3-4,7,11,15H,2,5-6,8H2/t11-/m0/s1. The van der Waals surface area contributed by atoms with E-state index in [-0.39, 0.29) is 6.04 Å². The molecule has 1 aliphatic rings. The molecule has 0 unspecified atom stereocenters. The Morgan fingerprint density at radius 1 is 1.44 bits per heavy atom. The van der Waals surface area contributed by atoms with E-state index in [1.54, 1.807) is 0 Å². The van der Waals surface area contributed by atoms with Crippen LogP contribution in [0.3, 0.4) is 0 Å². The molecule has 1 saturated heterocycles. The molecule has 5 heteroatoms. The summed E-state index contributed by atoms with van der Waals surface area (Å²) in [4.78, 5) is 4.46. The molecule has 1 aromatic carbocycles. The van der Waals surface area contributed by atoms with Crippen LogP contribution in [-0.4, -0.2) is 16.7 Å². The molecule has 4 nitrogen and oxygen atoms in total. The Bertz CT molecular complexity index is 535. The van der Waals surface area contributed by atoms with Crippen LogP contribution in [0.25, 0.3) is 0 Å². The number of hydrogen-bond acceptors (Lipinski definition) is 4. The van der Waals surface area contributed by atoms with Crippen molar-refractivity contribution in [3.63, 3.8) is 0 Å². The number of nitrogens with zero attached hydrogens (tertiary/aromatic N) is 2. The van der Waals surface area contributed by atoms with E-state index in [9.17, 15) is 0 Å². The normalized spacial score (nSPS) is 19.3. The molecule has 0 aliphatic carbocycles. The number of nitrogens with one attached hydrogen (secondary N) is 1. The molecule has 3 rings (SSSR count). The van der Waals surface area contributed by atoms with E-state index in [1.807, 2.05) is 12.1 Å². The molecular formula is C13H14BrN3O. The van der Waals surface area contributed by atoms with Crippen molar-refractivity contribution in [2.75, 3.05) is 6.54 Å². The molecule has 1 N–H and O–H groups in total. The van der Waals surface area contributed by atoms with Gasteiger partial charge < -0.3 is 9.84 Å². The summed E-state index contributed by atoms with van der Waals surface area (Å²) in [5, 5.41) is 7.40. The molecule has 0 saturated carbocycles. The van der Waals surface area contributed by atoms with Crippen LogP contribution < -0.4 is 5.32 Å². The van der Waals surface area contributed by atoms with Crippen LogP contribution in [0.1, 0.15) is 36.2 Å². The molecule has 0 spiro atoms. The summed E-state index contributed by atoms with van der Waals surface area (Å²) in [6.07, 6.45) is 2.96. The zero-order valence-electron chi connectivity index (χ0n) is 9.90. The third-order valence-corrected chi connectivity index (χ3v) is 3.59. The van der Waals surface area contributed by atoms with Gasteiger partial charge in [-0.15, -0.1) is 0 Å². The van der Waals surface area contributed by atoms with Crippen molar-refractivity contribution >= 4 is 15.9 Å². The Labute approximate surface area is 114 Å². The van der Waals surface area contributed by atoms with Gasteiger partial charge in [0.05, 0.1) is 6.04 Å². The number of aromatic nitrogens is 2. The van der Waals surface area contributed by atoms with E-state index < -0.39 is 0 Å². The minimum atomic E-state index is 0.244. The first kappa shape index (κ1) is 11.9. The molecule has 0 amide bonds. The molecule has 1 fully saturated rings. The maximum atomic E-state index is 5.32. The zero-order valence-corrected chi connectivity index (χ0v) is 11.5. The average Bonchev–Trinajstić information content (AvgIpc) is 2.98. The third kappa shape index (κ3) is 2.62. The minimum Gasteiger partial charge on any atom is -0.338 e. The van der Waals surface area contributed by atoms with E-state index in [4.69, 9.17) is 4.52 Å². The van der Waals surface area contributed by atoms with Crippen molar-refractivity contribution < 1.29 is 4.52 Å². The van der Waals surface area contributed by atoms with Gasteiger partial charge in [0.25, 0.3) is 0 Å². The highest BCUT2D eigenvalue weighted by Crippen LogP contribution is 2.22. The summed E-state index contributed by atoms with van der Waals surface area (Å²) < 4.78 is 6.39. The maximum Gasteiger partial charge on any atom is 0.243 e. The van der Waals surface area contributed by atoms with E-state index in [0.717, 1.165) is 29.2 Å². The summed E-state index contributed by atoms with van der Waals surface area (Å²) in [6, 6.07) is 8.40. The predicted octanol–water partition coefficient (Wildman–Crippen LogP) is 2.85. The summed E-state index contributed by atoms with van der Waals surface area (Å²) in [5.74, 6) is 1.47. The molecule has 94 valence electrons. The predicted molar refractivity (Wildman–Crippen MR) is 71.2 cm³/mol. The van der Waals surface area contributed by atoms with Gasteiger partial charge in [-0.05, 0) is 37.1 Å². The van der Waals surface area contributed by atoms with E-state index >= 15 is 0 Å². The summed E-state index contributed by atoms with van der Waals surface area (Å²) in [5.41, 5.74) is 1.18. The van der Waals surface area contributed by atoms with Gasteiger partial charge in [0.1, 0.15) is 0 Å². The second-order valence-corrected chi connectivity index (χ2v) is 5.42. The van der Waals surface area contributed by atoms with Crippen LogP contribution >= 0.6 is 15.9 Å². The fourth-order valence-corrected chi connectivity index (χ4v) is 2.65. The van der Waals surface area contributed by atoms with E-state index in [2.05, 4.69) is 43.5 Å². The molecule has 18 heavy (non-hydrogen) atoms. The van der Waals surface area contributed by atoms with Crippen LogP contribution in [0, 0.1) is 0 Å². The highest BCUT2D eigenvalue weighted by atomic mass is 79.9. The quantitative estimate of drug-likeness (QED) is 0.947. The molecule has 0 radical (unpaired) electrons. The number of hydrogen-bond donors (Lipinski definition) is 1. The van der Waals surface area contributed by atoms with Crippen molar-refractivity contribution in [2.45, 2.75) is 25.3 Å². The van der Waals surface area contributed by atoms with Gasteiger partial charge in [0.15, 0.2) is 5.82 Å². The molecule has 1 atom stereocenters. The molecule has 2 aromatic rings. The van der Waals surface area contributed by atoms with Gasteiger partial charge >= 0.3 is 0 Å². The van der Waals surface area contributed by atoms with Gasteiger partial charge in [-0.1, -0.05) is 33.2 Å². The van der Waals surface area contributed by atoms with Crippen LogP contribution in [-0.2, 0) is 6.42 Å². The molecule has 2 heterocycles. The van der Waals surface area contributed by atoms with Gasteiger partial charge in [-0.25, -0.2) is 0 Å². The monoisotopic (exact) mass is 307 g/mol. The lowest BCUT2D eigenvalue weighted by Gasteiger charge is -2.01. The van der Waals surface area contributed by atoms with Gasteiger partial charge in [-0.2, -0.15) is 4.98 Å². The molecular weight excluding hydrogens is 294 g/mol. The SMILES string of the molecule is Brc1cccc(Cc2noc([C@@H]3CCCN3)n2)c1. The van der Waals surface area contributed by atoms with Gasteiger partial charge in [0, 0.05) is 10.9 Å². The maximum absolute atomic E-state index is 5.32. The number of halogens is 1. The van der Waals surface area contributed by atoms with Crippen molar-refractivity contribution in [1.82, 2.24) is 15.5 Å².